The van der Waals surface area contributed by atoms with E-state index in [0.717, 1.165) is 11.3 Å². The summed E-state index contributed by atoms with van der Waals surface area (Å²) in [6, 6.07) is 9.66. The van der Waals surface area contributed by atoms with E-state index < -0.39 is 11.2 Å². The van der Waals surface area contributed by atoms with Gasteiger partial charge in [-0.15, -0.1) is 0 Å². The largest absolute Gasteiger partial charge is 0.383 e. The standard InChI is InChI=1S/C23H30N6O4/c1-16(2)14-28-21(24)20(22(31)26-23(28)32)27(11-12-33-3)19(30)10-9-17-13-25-29(15-17)18-7-5-4-6-8-18/h4-8,13,15-16H,9-12,14,24H2,1-3H3,(H,26,31,32). The molecule has 3 rings (SSSR count). The molecule has 2 aromatic heterocycles. The van der Waals surface area contributed by atoms with Crippen molar-refractivity contribution in [3.8, 4) is 5.69 Å². The number of ether oxygens (including phenoxy) is 1. The van der Waals surface area contributed by atoms with Crippen LogP contribution in [-0.2, 0) is 22.5 Å². The number of amides is 1. The molecule has 0 fully saturated rings. The molecule has 0 atom stereocenters. The lowest BCUT2D eigenvalue weighted by Gasteiger charge is -2.24. The molecule has 0 radical (unpaired) electrons. The van der Waals surface area contributed by atoms with Crippen molar-refractivity contribution in [3.63, 3.8) is 0 Å². The summed E-state index contributed by atoms with van der Waals surface area (Å²) in [4.78, 5) is 41.7. The molecule has 0 bridgehead atoms. The highest BCUT2D eigenvalue weighted by atomic mass is 16.5. The smallest absolute Gasteiger partial charge is 0.330 e. The van der Waals surface area contributed by atoms with E-state index in [9.17, 15) is 14.4 Å². The summed E-state index contributed by atoms with van der Waals surface area (Å²) in [6.07, 6.45) is 4.14. The zero-order chi connectivity index (χ0) is 24.0. The Morgan fingerprint density at radius 1 is 1.24 bits per heavy atom. The highest BCUT2D eigenvalue weighted by Crippen LogP contribution is 2.19. The molecule has 3 aromatic rings. The first-order valence-corrected chi connectivity index (χ1v) is 10.8. The van der Waals surface area contributed by atoms with Crippen molar-refractivity contribution >= 4 is 17.4 Å². The molecule has 176 valence electrons. The van der Waals surface area contributed by atoms with Crippen LogP contribution < -0.4 is 21.9 Å². The fourth-order valence-corrected chi connectivity index (χ4v) is 3.53. The molecule has 0 spiro atoms. The van der Waals surface area contributed by atoms with Crippen molar-refractivity contribution < 1.29 is 9.53 Å². The van der Waals surface area contributed by atoms with Gasteiger partial charge in [-0.25, -0.2) is 9.48 Å². The summed E-state index contributed by atoms with van der Waals surface area (Å²) >= 11 is 0. The number of rotatable bonds is 10. The van der Waals surface area contributed by atoms with E-state index in [-0.39, 0.29) is 42.9 Å². The number of benzene rings is 1. The summed E-state index contributed by atoms with van der Waals surface area (Å²) in [6.45, 7) is 4.52. The number of carbonyl (C=O) groups is 1. The maximum absolute atomic E-state index is 13.2. The minimum atomic E-state index is -0.696. The van der Waals surface area contributed by atoms with E-state index in [2.05, 4.69) is 10.1 Å². The van der Waals surface area contributed by atoms with Crippen LogP contribution in [0.5, 0.6) is 0 Å². The quantitative estimate of drug-likeness (QED) is 0.479. The van der Waals surface area contributed by atoms with Gasteiger partial charge in [-0.2, -0.15) is 5.10 Å². The molecule has 0 aliphatic rings. The Kier molecular flexibility index (Phi) is 7.83. The van der Waals surface area contributed by atoms with Gasteiger partial charge in [0.1, 0.15) is 5.82 Å². The molecule has 1 amide bonds. The molecular formula is C23H30N6O4. The number of nitrogens with two attached hydrogens (primary N) is 1. The number of aryl methyl sites for hydroxylation is 1. The van der Waals surface area contributed by atoms with Crippen molar-refractivity contribution in [1.82, 2.24) is 19.3 Å². The summed E-state index contributed by atoms with van der Waals surface area (Å²) in [5.74, 6) is -0.210. The molecule has 10 heteroatoms. The number of aromatic amines is 1. The second-order valence-corrected chi connectivity index (χ2v) is 8.16. The number of aromatic nitrogens is 4. The normalized spacial score (nSPS) is 11.2. The van der Waals surface area contributed by atoms with Gasteiger partial charge in [-0.3, -0.25) is 19.1 Å². The lowest BCUT2D eigenvalue weighted by molar-refractivity contribution is -0.118. The SMILES string of the molecule is COCCN(C(=O)CCc1cnn(-c2ccccc2)c1)c1c(N)n(CC(C)C)c(=O)[nH]c1=O. The van der Waals surface area contributed by atoms with Gasteiger partial charge in [0.2, 0.25) is 5.91 Å². The molecule has 0 aliphatic carbocycles. The first kappa shape index (κ1) is 24.0. The van der Waals surface area contributed by atoms with Gasteiger partial charge < -0.3 is 15.4 Å². The van der Waals surface area contributed by atoms with Gasteiger partial charge in [0.25, 0.3) is 5.56 Å². The van der Waals surface area contributed by atoms with Crippen LogP contribution in [0.25, 0.3) is 5.69 Å². The molecule has 10 nitrogen and oxygen atoms in total. The van der Waals surface area contributed by atoms with E-state index in [1.807, 2.05) is 50.4 Å². The second-order valence-electron chi connectivity index (χ2n) is 8.16. The van der Waals surface area contributed by atoms with E-state index >= 15 is 0 Å². The average Bonchev–Trinajstić information content (AvgIpc) is 3.26. The Morgan fingerprint density at radius 3 is 2.64 bits per heavy atom. The monoisotopic (exact) mass is 454 g/mol. The molecular weight excluding hydrogens is 424 g/mol. The Bertz CT molecular complexity index is 1200. The van der Waals surface area contributed by atoms with E-state index in [4.69, 9.17) is 10.5 Å². The molecule has 0 saturated heterocycles. The van der Waals surface area contributed by atoms with E-state index in [1.54, 1.807) is 10.9 Å². The number of para-hydroxylation sites is 1. The predicted octanol–water partition coefficient (Wildman–Crippen LogP) is 1.57. The second kappa shape index (κ2) is 10.8. The lowest BCUT2D eigenvalue weighted by atomic mass is 10.1. The topological polar surface area (TPSA) is 128 Å². The Balaban J connectivity index is 1.83. The van der Waals surface area contributed by atoms with Gasteiger partial charge in [0.05, 0.1) is 18.5 Å². The number of hydrogen-bond acceptors (Lipinski definition) is 6. The van der Waals surface area contributed by atoms with Crippen molar-refractivity contribution in [2.75, 3.05) is 30.9 Å². The van der Waals surface area contributed by atoms with Crippen LogP contribution in [0.3, 0.4) is 0 Å². The number of nitrogens with zero attached hydrogens (tertiary/aromatic N) is 4. The van der Waals surface area contributed by atoms with Crippen LogP contribution in [0.4, 0.5) is 11.5 Å². The highest BCUT2D eigenvalue weighted by Gasteiger charge is 2.24. The third-order valence-corrected chi connectivity index (χ3v) is 5.14. The fraction of sp³-hybridized carbons (Fsp3) is 0.391. The van der Waals surface area contributed by atoms with Crippen LogP contribution in [0, 0.1) is 5.92 Å². The van der Waals surface area contributed by atoms with Crippen LogP contribution in [0.1, 0.15) is 25.8 Å². The predicted molar refractivity (Wildman–Crippen MR) is 127 cm³/mol. The number of hydrogen-bond donors (Lipinski definition) is 2. The van der Waals surface area contributed by atoms with Crippen LogP contribution in [0.2, 0.25) is 0 Å². The number of nitrogens with one attached hydrogen (secondary N) is 1. The van der Waals surface area contributed by atoms with E-state index in [0.29, 0.717) is 13.0 Å². The first-order valence-electron chi connectivity index (χ1n) is 10.8. The molecule has 1 aromatic carbocycles. The molecule has 0 aliphatic heterocycles. The number of carbonyl (C=O) groups excluding carboxylic acids is 1. The Morgan fingerprint density at radius 2 is 1.97 bits per heavy atom. The molecule has 3 N–H and O–H groups in total. The number of nitrogen functional groups attached to an aromatic ring is 1. The van der Waals surface area contributed by atoms with Crippen LogP contribution in [0.15, 0.2) is 52.3 Å². The van der Waals surface area contributed by atoms with Crippen molar-refractivity contribution in [1.29, 1.82) is 0 Å². The third-order valence-electron chi connectivity index (χ3n) is 5.14. The highest BCUT2D eigenvalue weighted by molar-refractivity contribution is 5.95. The minimum Gasteiger partial charge on any atom is -0.383 e. The average molecular weight is 455 g/mol. The van der Waals surface area contributed by atoms with Gasteiger partial charge in [-0.1, -0.05) is 32.0 Å². The minimum absolute atomic E-state index is 0.0289. The summed E-state index contributed by atoms with van der Waals surface area (Å²) in [5, 5.41) is 4.35. The molecule has 0 saturated carbocycles. The van der Waals surface area contributed by atoms with Crippen molar-refractivity contribution in [3.05, 3.63) is 69.1 Å². The van der Waals surface area contributed by atoms with Gasteiger partial charge in [-0.05, 0) is 30.0 Å². The van der Waals surface area contributed by atoms with Crippen LogP contribution >= 0.6 is 0 Å². The Labute approximate surface area is 191 Å². The third kappa shape index (κ3) is 5.78. The van der Waals surface area contributed by atoms with Gasteiger partial charge in [0, 0.05) is 32.8 Å². The summed E-state index contributed by atoms with van der Waals surface area (Å²) in [7, 11) is 1.51. The number of anilines is 2. The maximum Gasteiger partial charge on any atom is 0.330 e. The first-order chi connectivity index (χ1) is 15.8. The van der Waals surface area contributed by atoms with Crippen LogP contribution in [-0.4, -0.2) is 45.5 Å². The summed E-state index contributed by atoms with van der Waals surface area (Å²) < 4.78 is 8.16. The van der Waals surface area contributed by atoms with Gasteiger partial charge >= 0.3 is 5.69 Å². The number of methoxy groups -OCH3 is 1. The van der Waals surface area contributed by atoms with E-state index in [1.165, 1.54) is 16.6 Å². The fourth-order valence-electron chi connectivity index (χ4n) is 3.53. The van der Waals surface area contributed by atoms with Gasteiger partial charge in [0.15, 0.2) is 5.69 Å². The van der Waals surface area contributed by atoms with Crippen molar-refractivity contribution in [2.45, 2.75) is 33.2 Å². The summed E-state index contributed by atoms with van der Waals surface area (Å²) in [5.41, 5.74) is 6.69. The lowest BCUT2D eigenvalue weighted by Crippen LogP contribution is -2.43. The number of H-pyrrole nitrogens is 1. The zero-order valence-corrected chi connectivity index (χ0v) is 19.2. The molecule has 2 heterocycles. The maximum atomic E-state index is 13.2. The Hall–Kier alpha value is -3.66. The molecule has 0 unspecified atom stereocenters. The molecule has 33 heavy (non-hydrogen) atoms. The van der Waals surface area contributed by atoms with Crippen molar-refractivity contribution in [2.24, 2.45) is 5.92 Å². The zero-order valence-electron chi connectivity index (χ0n) is 19.2.